The predicted molar refractivity (Wildman–Crippen MR) is 171 cm³/mol. The molecule has 0 radical (unpaired) electrons. The summed E-state index contributed by atoms with van der Waals surface area (Å²) in [6, 6.07) is 17.5. The van der Waals surface area contributed by atoms with E-state index in [1.54, 1.807) is 0 Å². The van der Waals surface area contributed by atoms with Crippen LogP contribution in [0.3, 0.4) is 0 Å². The Morgan fingerprint density at radius 2 is 0.932 bits per heavy atom. The Morgan fingerprint density at radius 1 is 0.591 bits per heavy atom. The first-order chi connectivity index (χ1) is 20.7. The van der Waals surface area contributed by atoms with Gasteiger partial charge in [-0.15, -0.1) is 0 Å². The number of carbonyl (C=O) groups is 2. The van der Waals surface area contributed by atoms with Crippen LogP contribution in [0.4, 0.5) is 20.2 Å². The molecule has 0 amide bonds. The smallest absolute Gasteiger partial charge is 0.264 e. The van der Waals surface area contributed by atoms with Gasteiger partial charge in [-0.1, -0.05) is 44.8 Å². The molecule has 0 fully saturated rings. The zero-order valence-electron chi connectivity index (χ0n) is 22.1. The van der Waals surface area contributed by atoms with E-state index in [0.29, 0.717) is 11.1 Å². The second-order valence-electron chi connectivity index (χ2n) is 8.89. The molecule has 4 aromatic rings. The summed E-state index contributed by atoms with van der Waals surface area (Å²) in [4.78, 5) is 23.9. The van der Waals surface area contributed by atoms with E-state index in [1.165, 1.54) is 60.7 Å². The molecule has 0 bridgehead atoms. The van der Waals surface area contributed by atoms with Crippen molar-refractivity contribution in [2.45, 2.75) is 9.79 Å². The fraction of sp³-hybridized carbons (Fsp3) is 0.0714. The molecule has 0 heterocycles. The van der Waals surface area contributed by atoms with Crippen molar-refractivity contribution < 1.29 is 35.2 Å². The largest absolute Gasteiger partial charge is 0.293 e. The quantitative estimate of drug-likeness (QED) is 0.0838. The topological polar surface area (TPSA) is 126 Å². The first-order valence-electron chi connectivity index (χ1n) is 12.2. The average molecular weight is 718 g/mol. The zero-order valence-corrected chi connectivity index (χ0v) is 26.9. The first kappa shape index (κ1) is 33.7. The molecule has 0 unspecified atom stereocenters. The van der Waals surface area contributed by atoms with Gasteiger partial charge in [-0.05, 0) is 84.9 Å². The van der Waals surface area contributed by atoms with Crippen LogP contribution in [0.2, 0.25) is 10.0 Å². The number of rotatable bonds is 13. The molecule has 8 nitrogen and oxygen atoms in total. The molecule has 0 aromatic heterocycles. The Kier molecular flexibility index (Phi) is 11.0. The molecule has 16 heteroatoms. The summed E-state index contributed by atoms with van der Waals surface area (Å²) in [5.41, 5.74) is 0.863. The van der Waals surface area contributed by atoms with Crippen LogP contribution in [0, 0.1) is 11.6 Å². The van der Waals surface area contributed by atoms with Crippen LogP contribution < -0.4 is 9.44 Å². The van der Waals surface area contributed by atoms with Crippen molar-refractivity contribution in [2.75, 3.05) is 20.9 Å². The monoisotopic (exact) mass is 716 g/mol. The summed E-state index contributed by atoms with van der Waals surface area (Å²) in [5, 5.41) is 0.106. The van der Waals surface area contributed by atoms with Gasteiger partial charge >= 0.3 is 0 Å². The van der Waals surface area contributed by atoms with E-state index in [4.69, 9.17) is 23.2 Å². The highest BCUT2D eigenvalue weighted by Gasteiger charge is 2.21. The molecular weight excluding hydrogens is 697 g/mol. The van der Waals surface area contributed by atoms with Gasteiger partial charge < -0.3 is 0 Å². The van der Waals surface area contributed by atoms with Gasteiger partial charge in [-0.3, -0.25) is 19.0 Å². The number of benzene rings is 4. The van der Waals surface area contributed by atoms with Crippen LogP contribution in [0.25, 0.3) is 0 Å². The number of hydrogen-bond donors (Lipinski definition) is 2. The summed E-state index contributed by atoms with van der Waals surface area (Å²) in [7, 11) is -6.15. The van der Waals surface area contributed by atoms with Gasteiger partial charge in [-0.2, -0.15) is 0 Å². The lowest BCUT2D eigenvalue weighted by molar-refractivity contribution is 0.101. The van der Waals surface area contributed by atoms with Crippen LogP contribution in [0.5, 0.6) is 0 Å². The third-order valence-electron chi connectivity index (χ3n) is 5.75. The van der Waals surface area contributed by atoms with Crippen molar-refractivity contribution in [1.29, 1.82) is 0 Å². The van der Waals surface area contributed by atoms with E-state index in [0.717, 1.165) is 45.9 Å². The van der Waals surface area contributed by atoms with Crippen molar-refractivity contribution in [3.05, 3.63) is 118 Å². The van der Waals surface area contributed by atoms with E-state index >= 15 is 0 Å². The fourth-order valence-corrected chi connectivity index (χ4v) is 8.02. The average Bonchev–Trinajstić information content (AvgIpc) is 2.95. The molecule has 4 rings (SSSR count). The number of ketones is 2. The number of hydrogen-bond acceptors (Lipinski definition) is 8. The molecule has 44 heavy (non-hydrogen) atoms. The molecule has 0 spiro atoms. The van der Waals surface area contributed by atoms with E-state index in [9.17, 15) is 35.2 Å². The highest BCUT2D eigenvalue weighted by molar-refractivity contribution is 8.77. The summed E-state index contributed by atoms with van der Waals surface area (Å²) in [6.45, 7) is 0. The minimum absolute atomic E-state index is 0.0288. The maximum absolute atomic E-state index is 14.0. The SMILES string of the molecule is O=C(CSSCC(=O)c1ccc(NS(=O)(=O)c2ccc(Cl)cc2F)cc1)c1ccc(NS(=O)(=O)c2ccc(Cl)cc2F)cc1. The molecule has 0 aliphatic heterocycles. The van der Waals surface area contributed by atoms with Gasteiger partial charge in [0.25, 0.3) is 20.0 Å². The summed E-state index contributed by atoms with van der Waals surface area (Å²) < 4.78 is 82.6. The molecular formula is C28H20Cl2F2N2O6S4. The van der Waals surface area contributed by atoms with Gasteiger partial charge in [0.1, 0.15) is 21.4 Å². The normalized spacial score (nSPS) is 11.6. The van der Waals surface area contributed by atoms with E-state index in [1.807, 2.05) is 0 Å². The van der Waals surface area contributed by atoms with Crippen LogP contribution in [0.15, 0.2) is 94.7 Å². The van der Waals surface area contributed by atoms with Crippen LogP contribution >= 0.6 is 44.8 Å². The van der Waals surface area contributed by atoms with Crippen molar-refractivity contribution in [2.24, 2.45) is 0 Å². The number of anilines is 2. The van der Waals surface area contributed by atoms with Gasteiger partial charge in [0.05, 0.1) is 11.5 Å². The van der Waals surface area contributed by atoms with Crippen LogP contribution in [-0.2, 0) is 20.0 Å². The summed E-state index contributed by atoms with van der Waals surface area (Å²) in [5.74, 6) is -2.47. The van der Waals surface area contributed by atoms with Crippen molar-refractivity contribution in [1.82, 2.24) is 0 Å². The zero-order chi connectivity index (χ0) is 32.1. The Morgan fingerprint density at radius 3 is 1.25 bits per heavy atom. The molecule has 4 aromatic carbocycles. The van der Waals surface area contributed by atoms with Crippen LogP contribution in [-0.4, -0.2) is 39.9 Å². The standard InChI is InChI=1S/C28H20Cl2F2N2O6S4/c29-19-5-11-27(23(31)13-19)43(37,38)33-21-7-1-17(2-8-21)25(35)15-41-42-16-26(36)18-3-9-22(10-4-18)34-44(39,40)28-12-6-20(30)14-24(28)32/h1-14,33-34H,15-16H2. The lowest BCUT2D eigenvalue weighted by Crippen LogP contribution is -2.14. The maximum Gasteiger partial charge on any atom is 0.264 e. The lowest BCUT2D eigenvalue weighted by Gasteiger charge is -2.10. The van der Waals surface area contributed by atoms with E-state index in [-0.39, 0.29) is 44.5 Å². The second-order valence-corrected chi connectivity index (χ2v) is 15.5. The highest BCUT2D eigenvalue weighted by atomic mass is 35.5. The number of Topliss-reactive ketones (excluding diaryl/α,β-unsaturated/α-hetero) is 2. The minimum Gasteiger partial charge on any atom is -0.293 e. The van der Waals surface area contributed by atoms with E-state index < -0.39 is 41.5 Å². The number of sulfonamides is 2. The molecule has 0 saturated carbocycles. The highest BCUT2D eigenvalue weighted by Crippen LogP contribution is 2.26. The second kappa shape index (κ2) is 14.3. The minimum atomic E-state index is -4.22. The number of carbonyl (C=O) groups excluding carboxylic acids is 2. The fourth-order valence-electron chi connectivity index (χ4n) is 3.61. The molecule has 2 N–H and O–H groups in total. The lowest BCUT2D eigenvalue weighted by atomic mass is 10.1. The van der Waals surface area contributed by atoms with Gasteiger partial charge in [0.15, 0.2) is 11.6 Å². The Bertz CT molecular complexity index is 1790. The number of halogens is 4. The Hall–Kier alpha value is -3.14. The molecule has 0 aliphatic rings. The van der Waals surface area contributed by atoms with Gasteiger partial charge in [-0.25, -0.2) is 25.6 Å². The van der Waals surface area contributed by atoms with Crippen molar-refractivity contribution >= 4 is 87.8 Å². The van der Waals surface area contributed by atoms with Crippen LogP contribution in [0.1, 0.15) is 20.7 Å². The molecule has 0 atom stereocenters. The molecule has 230 valence electrons. The summed E-state index contributed by atoms with van der Waals surface area (Å²) in [6.07, 6.45) is 0. The summed E-state index contributed by atoms with van der Waals surface area (Å²) >= 11 is 11.3. The van der Waals surface area contributed by atoms with Gasteiger partial charge in [0.2, 0.25) is 0 Å². The predicted octanol–water partition coefficient (Wildman–Crippen LogP) is 7.32. The van der Waals surface area contributed by atoms with Crippen molar-refractivity contribution in [3.63, 3.8) is 0 Å². The first-order valence-corrected chi connectivity index (χ1v) is 18.4. The Labute approximate surface area is 270 Å². The molecule has 0 saturated heterocycles. The Balaban J connectivity index is 1.25. The molecule has 0 aliphatic carbocycles. The third-order valence-corrected chi connectivity index (χ3v) is 11.2. The number of nitrogens with one attached hydrogen (secondary N) is 2. The third kappa shape index (κ3) is 8.73. The maximum atomic E-state index is 14.0. The van der Waals surface area contributed by atoms with Crippen molar-refractivity contribution in [3.8, 4) is 0 Å². The van der Waals surface area contributed by atoms with Gasteiger partial charge in [0, 0.05) is 32.5 Å². The van der Waals surface area contributed by atoms with E-state index in [2.05, 4.69) is 9.44 Å².